The smallest absolute Gasteiger partial charge is 0.239 e. The van der Waals surface area contributed by atoms with Crippen LogP contribution in [0, 0.1) is 0 Å². The molecule has 0 spiro atoms. The molecule has 1 aromatic carbocycles. The highest BCUT2D eigenvalue weighted by Gasteiger charge is 2.37. The molecule has 1 aliphatic heterocycles. The zero-order valence-corrected chi connectivity index (χ0v) is 16.4. The molecular weight excluding hydrogens is 326 g/mol. The van der Waals surface area contributed by atoms with Crippen LogP contribution < -0.4 is 5.73 Å². The van der Waals surface area contributed by atoms with Crippen molar-refractivity contribution in [1.29, 1.82) is 0 Å². The molecule has 0 aliphatic carbocycles. The van der Waals surface area contributed by atoms with Gasteiger partial charge in [-0.2, -0.15) is 0 Å². The van der Waals surface area contributed by atoms with E-state index in [4.69, 9.17) is 10.7 Å². The summed E-state index contributed by atoms with van der Waals surface area (Å²) in [6, 6.07) is 8.42. The molecule has 1 fully saturated rings. The van der Waals surface area contributed by atoms with E-state index in [1.807, 2.05) is 36.9 Å². The van der Waals surface area contributed by atoms with Crippen LogP contribution >= 0.6 is 0 Å². The van der Waals surface area contributed by atoms with Gasteiger partial charge >= 0.3 is 0 Å². The minimum Gasteiger partial charge on any atom is -0.342 e. The number of amides is 1. The molecular formula is C20H31N5O. The molecule has 3 rings (SSSR count). The van der Waals surface area contributed by atoms with Crippen molar-refractivity contribution in [2.45, 2.75) is 58.8 Å². The van der Waals surface area contributed by atoms with Crippen LogP contribution in [0.25, 0.3) is 11.0 Å². The van der Waals surface area contributed by atoms with Gasteiger partial charge in [0.15, 0.2) is 0 Å². The summed E-state index contributed by atoms with van der Waals surface area (Å²) in [6.45, 7) is 11.3. The van der Waals surface area contributed by atoms with Crippen LogP contribution in [0.1, 0.15) is 46.0 Å². The molecule has 0 unspecified atom stereocenters. The molecule has 2 aromatic rings. The van der Waals surface area contributed by atoms with Crippen molar-refractivity contribution in [3.63, 3.8) is 0 Å². The lowest BCUT2D eigenvalue weighted by Gasteiger charge is -2.29. The van der Waals surface area contributed by atoms with E-state index in [0.717, 1.165) is 42.9 Å². The highest BCUT2D eigenvalue weighted by Crippen LogP contribution is 2.26. The summed E-state index contributed by atoms with van der Waals surface area (Å²) >= 11 is 0. The van der Waals surface area contributed by atoms with Gasteiger partial charge in [-0.25, -0.2) is 4.98 Å². The number of hydrogen-bond acceptors (Lipinski definition) is 4. The van der Waals surface area contributed by atoms with Crippen LogP contribution in [-0.2, 0) is 11.3 Å². The number of imidazole rings is 1. The molecule has 2 heterocycles. The second-order valence-electron chi connectivity index (χ2n) is 7.43. The number of hydrogen-bond donors (Lipinski definition) is 1. The third-order valence-electron chi connectivity index (χ3n) is 5.33. The predicted octanol–water partition coefficient (Wildman–Crippen LogP) is 2.39. The second kappa shape index (κ2) is 7.76. The van der Waals surface area contributed by atoms with Crippen molar-refractivity contribution >= 4 is 16.9 Å². The van der Waals surface area contributed by atoms with Gasteiger partial charge in [-0.15, -0.1) is 0 Å². The lowest BCUT2D eigenvalue weighted by molar-refractivity contribution is -0.135. The van der Waals surface area contributed by atoms with Gasteiger partial charge in [0, 0.05) is 31.7 Å². The summed E-state index contributed by atoms with van der Waals surface area (Å²) in [4.78, 5) is 21.9. The Morgan fingerprint density at radius 1 is 1.31 bits per heavy atom. The first-order valence-electron chi connectivity index (χ1n) is 9.70. The maximum atomic E-state index is 12.9. The number of aromatic nitrogens is 2. The van der Waals surface area contributed by atoms with Crippen molar-refractivity contribution in [2.24, 2.45) is 5.73 Å². The van der Waals surface area contributed by atoms with Crippen LogP contribution in [-0.4, -0.2) is 57.0 Å². The number of rotatable bonds is 6. The molecule has 0 bridgehead atoms. The molecule has 6 heteroatoms. The van der Waals surface area contributed by atoms with Crippen LogP contribution in [0.3, 0.4) is 0 Å². The molecule has 0 radical (unpaired) electrons. The first-order chi connectivity index (χ1) is 12.5. The topological polar surface area (TPSA) is 67.4 Å². The Kier molecular flexibility index (Phi) is 5.63. The van der Waals surface area contributed by atoms with Gasteiger partial charge < -0.3 is 15.2 Å². The molecule has 2 N–H and O–H groups in total. The SMILES string of the molecule is CCN(CC)C(=O)[C@@H]1C[C@H](N)CN1Cc1nc2ccccc2n1C(C)C. The molecule has 6 nitrogen and oxygen atoms in total. The first kappa shape index (κ1) is 18.9. The Morgan fingerprint density at radius 3 is 2.65 bits per heavy atom. The minimum absolute atomic E-state index is 0.0383. The van der Waals surface area contributed by atoms with Gasteiger partial charge in [0.05, 0.1) is 23.6 Å². The monoisotopic (exact) mass is 357 g/mol. The van der Waals surface area contributed by atoms with Crippen LogP contribution in [0.2, 0.25) is 0 Å². The Balaban J connectivity index is 1.90. The fourth-order valence-corrected chi connectivity index (χ4v) is 4.08. The number of nitrogens with zero attached hydrogens (tertiary/aromatic N) is 4. The third kappa shape index (κ3) is 3.48. The number of para-hydroxylation sites is 2. The highest BCUT2D eigenvalue weighted by atomic mass is 16.2. The van der Waals surface area contributed by atoms with Crippen molar-refractivity contribution in [2.75, 3.05) is 19.6 Å². The number of fused-ring (bicyclic) bond motifs is 1. The van der Waals surface area contributed by atoms with Crippen LogP contribution in [0.4, 0.5) is 0 Å². The second-order valence-corrected chi connectivity index (χ2v) is 7.43. The summed E-state index contributed by atoms with van der Waals surface area (Å²) < 4.78 is 2.28. The molecule has 1 aromatic heterocycles. The molecule has 0 saturated carbocycles. The van der Waals surface area contributed by atoms with E-state index in [9.17, 15) is 4.79 Å². The summed E-state index contributed by atoms with van der Waals surface area (Å²) in [5.41, 5.74) is 8.38. The Labute approximate surface area is 156 Å². The maximum absolute atomic E-state index is 12.9. The van der Waals surface area contributed by atoms with Crippen molar-refractivity contribution in [3.8, 4) is 0 Å². The average molecular weight is 358 g/mol. The third-order valence-corrected chi connectivity index (χ3v) is 5.33. The number of carbonyl (C=O) groups is 1. The first-order valence-corrected chi connectivity index (χ1v) is 9.70. The van der Waals surface area contributed by atoms with Gasteiger partial charge in [-0.3, -0.25) is 9.69 Å². The fourth-order valence-electron chi connectivity index (χ4n) is 4.08. The van der Waals surface area contributed by atoms with Gasteiger partial charge in [-0.05, 0) is 46.2 Å². The molecule has 2 atom stereocenters. The average Bonchev–Trinajstić information content (AvgIpc) is 3.15. The Hall–Kier alpha value is -1.92. The Bertz CT molecular complexity index is 765. The van der Waals surface area contributed by atoms with Crippen LogP contribution in [0.15, 0.2) is 24.3 Å². The quantitative estimate of drug-likeness (QED) is 0.862. The predicted molar refractivity (Wildman–Crippen MR) is 105 cm³/mol. The number of likely N-dealkylation sites (tertiary alicyclic amines) is 1. The van der Waals surface area contributed by atoms with Crippen molar-refractivity contribution < 1.29 is 4.79 Å². The molecule has 26 heavy (non-hydrogen) atoms. The maximum Gasteiger partial charge on any atom is 0.239 e. The normalized spacial score (nSPS) is 21.0. The summed E-state index contributed by atoms with van der Waals surface area (Å²) in [7, 11) is 0. The Morgan fingerprint density at radius 2 is 2.00 bits per heavy atom. The number of nitrogens with two attached hydrogens (primary N) is 1. The number of carbonyl (C=O) groups excluding carboxylic acids is 1. The van der Waals surface area contributed by atoms with E-state index < -0.39 is 0 Å². The summed E-state index contributed by atoms with van der Waals surface area (Å²) in [5, 5.41) is 0. The molecule has 142 valence electrons. The van der Waals surface area contributed by atoms with Gasteiger partial charge in [-0.1, -0.05) is 12.1 Å². The van der Waals surface area contributed by atoms with Crippen molar-refractivity contribution in [1.82, 2.24) is 19.4 Å². The highest BCUT2D eigenvalue weighted by molar-refractivity contribution is 5.82. The van der Waals surface area contributed by atoms with Gasteiger partial charge in [0.2, 0.25) is 5.91 Å². The number of benzene rings is 1. The van der Waals surface area contributed by atoms with E-state index in [2.05, 4.69) is 29.4 Å². The van der Waals surface area contributed by atoms with E-state index >= 15 is 0 Å². The number of likely N-dealkylation sites (N-methyl/N-ethyl adjacent to an activating group) is 1. The van der Waals surface area contributed by atoms with E-state index in [1.165, 1.54) is 0 Å². The molecule has 1 amide bonds. The summed E-state index contributed by atoms with van der Waals surface area (Å²) in [6.07, 6.45) is 0.719. The molecule has 1 aliphatic rings. The van der Waals surface area contributed by atoms with E-state index in [-0.39, 0.29) is 18.0 Å². The van der Waals surface area contributed by atoms with Crippen LogP contribution in [0.5, 0.6) is 0 Å². The minimum atomic E-state index is -0.148. The fraction of sp³-hybridized carbons (Fsp3) is 0.600. The zero-order chi connectivity index (χ0) is 18.8. The largest absolute Gasteiger partial charge is 0.342 e. The van der Waals surface area contributed by atoms with Gasteiger partial charge in [0.25, 0.3) is 0 Å². The lowest BCUT2D eigenvalue weighted by Crippen LogP contribution is -2.45. The molecule has 1 saturated heterocycles. The lowest BCUT2D eigenvalue weighted by atomic mass is 10.1. The standard InChI is InChI=1S/C20H31N5O/c1-5-23(6-2)20(26)18-11-15(21)12-24(18)13-19-22-16-9-7-8-10-17(16)25(19)14(3)4/h7-10,14-15,18H,5-6,11-13,21H2,1-4H3/t15-,18-/m0/s1. The van der Waals surface area contributed by atoms with Crippen molar-refractivity contribution in [3.05, 3.63) is 30.1 Å². The van der Waals surface area contributed by atoms with Gasteiger partial charge in [0.1, 0.15) is 5.82 Å². The van der Waals surface area contributed by atoms with E-state index in [1.54, 1.807) is 0 Å². The van der Waals surface area contributed by atoms with E-state index in [0.29, 0.717) is 12.6 Å². The zero-order valence-electron chi connectivity index (χ0n) is 16.4. The summed E-state index contributed by atoms with van der Waals surface area (Å²) in [5.74, 6) is 1.20.